The highest BCUT2D eigenvalue weighted by atomic mass is 35.5. The van der Waals surface area contributed by atoms with E-state index < -0.39 is 0 Å². The molecule has 1 aliphatic carbocycles. The van der Waals surface area contributed by atoms with Crippen LogP contribution < -0.4 is 5.32 Å². The lowest BCUT2D eigenvalue weighted by Crippen LogP contribution is -2.52. The smallest absolute Gasteiger partial charge is 0.237 e. The van der Waals surface area contributed by atoms with E-state index in [9.17, 15) is 9.59 Å². The zero-order valence-electron chi connectivity index (χ0n) is 15.2. The monoisotopic (exact) mass is 398 g/mol. The van der Waals surface area contributed by atoms with Crippen LogP contribution in [0.1, 0.15) is 24.6 Å². The number of carbonyl (C=O) groups excluding carboxylic acids is 2. The Morgan fingerprint density at radius 3 is 2.38 bits per heavy atom. The fourth-order valence-corrected chi connectivity index (χ4v) is 4.21. The van der Waals surface area contributed by atoms with E-state index in [1.807, 2.05) is 24.0 Å². The number of halogens is 1. The number of hydrogen-bond acceptors (Lipinski definition) is 5. The lowest BCUT2D eigenvalue weighted by atomic mass is 10.3. The van der Waals surface area contributed by atoms with Gasteiger partial charge in [0.15, 0.2) is 0 Å². The van der Waals surface area contributed by atoms with Gasteiger partial charge in [-0.15, -0.1) is 11.3 Å². The highest BCUT2D eigenvalue weighted by Gasteiger charge is 2.26. The van der Waals surface area contributed by atoms with Crippen LogP contribution in [0.4, 0.5) is 0 Å². The van der Waals surface area contributed by atoms with Gasteiger partial charge in [-0.1, -0.05) is 11.6 Å². The Morgan fingerprint density at radius 2 is 1.85 bits per heavy atom. The van der Waals surface area contributed by atoms with Crippen molar-refractivity contribution in [2.75, 3.05) is 45.8 Å². The molecule has 1 aliphatic heterocycles. The number of likely N-dealkylation sites (N-methyl/N-ethyl adjacent to an activating group) is 1. The maximum atomic E-state index is 12.6. The van der Waals surface area contributed by atoms with Gasteiger partial charge in [0.25, 0.3) is 0 Å². The van der Waals surface area contributed by atoms with E-state index in [1.54, 1.807) is 0 Å². The van der Waals surface area contributed by atoms with Gasteiger partial charge in [-0.25, -0.2) is 0 Å². The van der Waals surface area contributed by atoms with Crippen LogP contribution in [0.3, 0.4) is 0 Å². The third-order valence-electron chi connectivity index (χ3n) is 4.84. The molecule has 1 aromatic heterocycles. The second-order valence-electron chi connectivity index (χ2n) is 7.01. The van der Waals surface area contributed by atoms with Gasteiger partial charge in [0.1, 0.15) is 0 Å². The van der Waals surface area contributed by atoms with Crippen LogP contribution >= 0.6 is 22.9 Å². The molecule has 2 amide bonds. The average molecular weight is 399 g/mol. The Hall–Kier alpha value is -1.15. The standard InChI is InChI=1S/C18H27ClN4O2S/c1-2-23(11-15-5-6-16(19)26-15)18(25)13-22-9-7-21(8-10-22)12-17(24)20-14-3-4-14/h5-6,14H,2-4,7-13H2,1H3,(H,20,24). The predicted octanol–water partition coefficient (Wildman–Crippen LogP) is 1.65. The van der Waals surface area contributed by atoms with Gasteiger partial charge in [-0.05, 0) is 31.9 Å². The molecule has 2 fully saturated rings. The first-order valence-electron chi connectivity index (χ1n) is 9.29. The number of rotatable bonds is 8. The van der Waals surface area contributed by atoms with E-state index in [0.717, 1.165) is 48.2 Å². The van der Waals surface area contributed by atoms with Crippen LogP contribution in [0.2, 0.25) is 4.34 Å². The van der Waals surface area contributed by atoms with Crippen LogP contribution in [-0.2, 0) is 16.1 Å². The van der Waals surface area contributed by atoms with Crippen molar-refractivity contribution < 1.29 is 9.59 Å². The number of hydrogen-bond donors (Lipinski definition) is 1. The van der Waals surface area contributed by atoms with Crippen molar-refractivity contribution >= 4 is 34.8 Å². The van der Waals surface area contributed by atoms with Crippen molar-refractivity contribution in [3.8, 4) is 0 Å². The fourth-order valence-electron chi connectivity index (χ4n) is 3.10. The van der Waals surface area contributed by atoms with Crippen LogP contribution in [0, 0.1) is 0 Å². The number of thiophene rings is 1. The fraction of sp³-hybridized carbons (Fsp3) is 0.667. The molecule has 1 saturated carbocycles. The van der Waals surface area contributed by atoms with Gasteiger partial charge in [0.05, 0.1) is 24.0 Å². The summed E-state index contributed by atoms with van der Waals surface area (Å²) in [5, 5.41) is 3.03. The van der Waals surface area contributed by atoms with Crippen molar-refractivity contribution in [3.63, 3.8) is 0 Å². The molecule has 0 unspecified atom stereocenters. The number of piperazine rings is 1. The second-order valence-corrected chi connectivity index (χ2v) is 8.81. The summed E-state index contributed by atoms with van der Waals surface area (Å²) in [7, 11) is 0. The summed E-state index contributed by atoms with van der Waals surface area (Å²) in [5.41, 5.74) is 0. The predicted molar refractivity (Wildman–Crippen MR) is 104 cm³/mol. The maximum Gasteiger partial charge on any atom is 0.237 e. The third-order valence-corrected chi connectivity index (χ3v) is 6.06. The van der Waals surface area contributed by atoms with Crippen molar-refractivity contribution in [1.82, 2.24) is 20.0 Å². The first-order valence-corrected chi connectivity index (χ1v) is 10.5. The average Bonchev–Trinajstić information content (AvgIpc) is 3.33. The summed E-state index contributed by atoms with van der Waals surface area (Å²) in [5.74, 6) is 0.278. The van der Waals surface area contributed by atoms with Crippen molar-refractivity contribution in [2.24, 2.45) is 0 Å². The topological polar surface area (TPSA) is 55.9 Å². The molecule has 2 heterocycles. The summed E-state index contributed by atoms with van der Waals surface area (Å²) in [6, 6.07) is 4.27. The molecule has 0 bridgehead atoms. The minimum Gasteiger partial charge on any atom is -0.352 e. The summed E-state index contributed by atoms with van der Waals surface area (Å²) < 4.78 is 0.755. The van der Waals surface area contributed by atoms with Crippen molar-refractivity contribution in [1.29, 1.82) is 0 Å². The first-order chi connectivity index (χ1) is 12.5. The number of nitrogens with one attached hydrogen (secondary N) is 1. The first kappa shape index (κ1) is 19.6. The quantitative estimate of drug-likeness (QED) is 0.723. The lowest BCUT2D eigenvalue weighted by molar-refractivity contribution is -0.133. The van der Waals surface area contributed by atoms with Gasteiger partial charge in [-0.2, -0.15) is 0 Å². The zero-order chi connectivity index (χ0) is 18.5. The summed E-state index contributed by atoms with van der Waals surface area (Å²) in [4.78, 5) is 31.8. The van der Waals surface area contributed by atoms with Crippen molar-refractivity contribution in [3.05, 3.63) is 21.3 Å². The molecule has 0 atom stereocenters. The van der Waals surface area contributed by atoms with Gasteiger partial charge < -0.3 is 10.2 Å². The molecule has 0 radical (unpaired) electrons. The Bertz CT molecular complexity index is 626. The summed E-state index contributed by atoms with van der Waals surface area (Å²) >= 11 is 7.50. The van der Waals surface area contributed by atoms with Crippen LogP contribution in [0.15, 0.2) is 12.1 Å². The zero-order valence-corrected chi connectivity index (χ0v) is 16.8. The second kappa shape index (κ2) is 9.17. The van der Waals surface area contributed by atoms with E-state index in [4.69, 9.17) is 11.6 Å². The van der Waals surface area contributed by atoms with E-state index in [1.165, 1.54) is 11.3 Å². The number of nitrogens with zero attached hydrogens (tertiary/aromatic N) is 3. The molecule has 0 spiro atoms. The Balaban J connectivity index is 1.39. The molecule has 26 heavy (non-hydrogen) atoms. The minimum atomic E-state index is 0.129. The van der Waals surface area contributed by atoms with E-state index in [2.05, 4.69) is 15.1 Å². The number of carbonyl (C=O) groups is 2. The lowest BCUT2D eigenvalue weighted by Gasteiger charge is -2.34. The summed E-state index contributed by atoms with van der Waals surface area (Å²) in [6.45, 7) is 7.53. The molecule has 1 N–H and O–H groups in total. The largest absolute Gasteiger partial charge is 0.352 e. The molecule has 2 aliphatic rings. The number of amides is 2. The molecule has 3 rings (SSSR count). The highest BCUT2D eigenvalue weighted by molar-refractivity contribution is 7.16. The summed E-state index contributed by atoms with van der Waals surface area (Å²) in [6.07, 6.45) is 2.24. The normalized spacial score (nSPS) is 18.7. The van der Waals surface area contributed by atoms with Gasteiger partial charge in [-0.3, -0.25) is 19.4 Å². The molecule has 8 heteroatoms. The molecule has 1 saturated heterocycles. The molecule has 6 nitrogen and oxygen atoms in total. The maximum absolute atomic E-state index is 12.6. The van der Waals surface area contributed by atoms with Gasteiger partial charge >= 0.3 is 0 Å². The third kappa shape index (κ3) is 5.94. The van der Waals surface area contributed by atoms with Crippen LogP contribution in [-0.4, -0.2) is 78.4 Å². The van der Waals surface area contributed by atoms with E-state index >= 15 is 0 Å². The molecular formula is C18H27ClN4O2S. The van der Waals surface area contributed by atoms with Gasteiger partial charge in [0.2, 0.25) is 11.8 Å². The molecule has 144 valence electrons. The Labute approximate surface area is 164 Å². The minimum absolute atomic E-state index is 0.129. The molecule has 1 aromatic rings. The Kier molecular flexibility index (Phi) is 6.92. The highest BCUT2D eigenvalue weighted by Crippen LogP contribution is 2.22. The van der Waals surface area contributed by atoms with E-state index in [0.29, 0.717) is 32.2 Å². The SMILES string of the molecule is CCN(Cc1ccc(Cl)s1)C(=O)CN1CCN(CC(=O)NC2CC2)CC1. The van der Waals surface area contributed by atoms with Gasteiger partial charge in [0, 0.05) is 43.6 Å². The van der Waals surface area contributed by atoms with Crippen LogP contribution in [0.5, 0.6) is 0 Å². The van der Waals surface area contributed by atoms with Crippen LogP contribution in [0.25, 0.3) is 0 Å². The molecular weight excluding hydrogens is 372 g/mol. The van der Waals surface area contributed by atoms with E-state index in [-0.39, 0.29) is 11.8 Å². The molecule has 0 aromatic carbocycles. The Morgan fingerprint density at radius 1 is 1.19 bits per heavy atom. The van der Waals surface area contributed by atoms with Crippen molar-refractivity contribution in [2.45, 2.75) is 32.4 Å².